The normalized spacial score (nSPS) is 11.1. The van der Waals surface area contributed by atoms with Gasteiger partial charge in [-0.05, 0) is 69.5 Å². The lowest BCUT2D eigenvalue weighted by molar-refractivity contribution is 0.0929. The SMILES string of the molecule is COc1cccc2cc(C(=O)N/N=C\c3ccc(OCc4ccc(Cl)cc4)c(Br)c3)oc12. The van der Waals surface area contributed by atoms with Crippen LogP contribution >= 0.6 is 27.5 Å². The molecule has 32 heavy (non-hydrogen) atoms. The van der Waals surface area contributed by atoms with Crippen LogP contribution in [0.2, 0.25) is 5.02 Å². The molecule has 0 aliphatic carbocycles. The van der Waals surface area contributed by atoms with Gasteiger partial charge in [0.25, 0.3) is 0 Å². The number of hydrazone groups is 1. The molecular weight excluding hydrogens is 496 g/mol. The van der Waals surface area contributed by atoms with Gasteiger partial charge in [-0.25, -0.2) is 5.43 Å². The molecule has 0 fully saturated rings. The quantitative estimate of drug-likeness (QED) is 0.236. The van der Waals surface area contributed by atoms with Crippen LogP contribution in [0.3, 0.4) is 0 Å². The number of benzene rings is 3. The number of methoxy groups -OCH3 is 1. The molecule has 1 heterocycles. The lowest BCUT2D eigenvalue weighted by Crippen LogP contribution is -2.16. The maximum absolute atomic E-state index is 12.4. The summed E-state index contributed by atoms with van der Waals surface area (Å²) in [6.45, 7) is 0.418. The summed E-state index contributed by atoms with van der Waals surface area (Å²) >= 11 is 9.40. The Balaban J connectivity index is 1.37. The monoisotopic (exact) mass is 512 g/mol. The van der Waals surface area contributed by atoms with Crippen LogP contribution < -0.4 is 14.9 Å². The number of rotatable bonds is 7. The molecule has 8 heteroatoms. The molecule has 1 N–H and O–H groups in total. The van der Waals surface area contributed by atoms with Crippen molar-refractivity contribution in [3.05, 3.63) is 93.1 Å². The van der Waals surface area contributed by atoms with Gasteiger partial charge in [-0.15, -0.1) is 0 Å². The minimum Gasteiger partial charge on any atom is -0.493 e. The zero-order valence-electron chi connectivity index (χ0n) is 17.0. The highest BCUT2D eigenvalue weighted by atomic mass is 79.9. The number of hydrogen-bond donors (Lipinski definition) is 1. The van der Waals surface area contributed by atoms with E-state index in [1.165, 1.54) is 6.21 Å². The summed E-state index contributed by atoms with van der Waals surface area (Å²) in [7, 11) is 1.55. The molecule has 0 unspecified atom stereocenters. The third kappa shape index (κ3) is 5.12. The molecule has 0 bridgehead atoms. The van der Waals surface area contributed by atoms with E-state index in [1.807, 2.05) is 54.6 Å². The highest BCUT2D eigenvalue weighted by molar-refractivity contribution is 9.10. The number of nitrogens with one attached hydrogen (secondary N) is 1. The van der Waals surface area contributed by atoms with E-state index in [9.17, 15) is 4.79 Å². The molecule has 0 saturated heterocycles. The van der Waals surface area contributed by atoms with Gasteiger partial charge in [0.2, 0.25) is 0 Å². The van der Waals surface area contributed by atoms with Gasteiger partial charge in [0, 0.05) is 10.4 Å². The number of carbonyl (C=O) groups excluding carboxylic acids is 1. The molecule has 4 aromatic rings. The van der Waals surface area contributed by atoms with Crippen molar-refractivity contribution in [1.29, 1.82) is 0 Å². The zero-order valence-corrected chi connectivity index (χ0v) is 19.3. The zero-order chi connectivity index (χ0) is 22.5. The predicted octanol–water partition coefficient (Wildman–Crippen LogP) is 6.20. The van der Waals surface area contributed by atoms with Crippen molar-refractivity contribution in [1.82, 2.24) is 5.43 Å². The average molecular weight is 514 g/mol. The second kappa shape index (κ2) is 9.89. The summed E-state index contributed by atoms with van der Waals surface area (Å²) in [4.78, 5) is 12.4. The topological polar surface area (TPSA) is 73.1 Å². The molecule has 1 aromatic heterocycles. The number of para-hydroxylation sites is 1. The van der Waals surface area contributed by atoms with Gasteiger partial charge in [0.05, 0.1) is 17.8 Å². The smallest absolute Gasteiger partial charge is 0.307 e. The Morgan fingerprint density at radius 2 is 1.94 bits per heavy atom. The fourth-order valence-corrected chi connectivity index (χ4v) is 3.62. The molecule has 3 aromatic carbocycles. The van der Waals surface area contributed by atoms with Gasteiger partial charge >= 0.3 is 5.91 Å². The van der Waals surface area contributed by atoms with Crippen molar-refractivity contribution in [2.24, 2.45) is 5.10 Å². The summed E-state index contributed by atoms with van der Waals surface area (Å²) < 4.78 is 17.5. The highest BCUT2D eigenvalue weighted by Crippen LogP contribution is 2.29. The first-order valence-electron chi connectivity index (χ1n) is 9.60. The Morgan fingerprint density at radius 1 is 1.12 bits per heavy atom. The van der Waals surface area contributed by atoms with E-state index in [0.717, 1.165) is 21.0 Å². The van der Waals surface area contributed by atoms with E-state index in [2.05, 4.69) is 26.5 Å². The van der Waals surface area contributed by atoms with E-state index in [0.29, 0.717) is 28.7 Å². The van der Waals surface area contributed by atoms with E-state index in [1.54, 1.807) is 19.2 Å². The molecule has 0 saturated carbocycles. The Bertz CT molecular complexity index is 1290. The molecule has 4 rings (SSSR count). The fraction of sp³-hybridized carbons (Fsp3) is 0.0833. The molecule has 0 spiro atoms. The Kier molecular flexibility index (Phi) is 6.78. The molecular formula is C24H18BrClN2O4. The molecule has 6 nitrogen and oxygen atoms in total. The first kappa shape index (κ1) is 21.9. The Labute approximate surface area is 197 Å². The summed E-state index contributed by atoms with van der Waals surface area (Å²) in [6.07, 6.45) is 1.54. The third-order valence-corrected chi connectivity index (χ3v) is 5.47. The second-order valence-corrected chi connectivity index (χ2v) is 8.08. The van der Waals surface area contributed by atoms with Crippen molar-refractivity contribution in [3.63, 3.8) is 0 Å². The fourth-order valence-electron chi connectivity index (χ4n) is 2.99. The van der Waals surface area contributed by atoms with Crippen LogP contribution in [0.15, 0.2) is 80.7 Å². The van der Waals surface area contributed by atoms with E-state index in [-0.39, 0.29) is 5.76 Å². The number of ether oxygens (including phenoxy) is 2. The van der Waals surface area contributed by atoms with Gasteiger partial charge in [-0.3, -0.25) is 4.79 Å². The maximum atomic E-state index is 12.4. The van der Waals surface area contributed by atoms with Crippen LogP contribution in [-0.4, -0.2) is 19.2 Å². The van der Waals surface area contributed by atoms with Crippen LogP contribution in [-0.2, 0) is 6.61 Å². The van der Waals surface area contributed by atoms with Crippen LogP contribution in [0.1, 0.15) is 21.7 Å². The summed E-state index contributed by atoms with van der Waals surface area (Å²) in [5.41, 5.74) is 4.78. The van der Waals surface area contributed by atoms with Crippen LogP contribution in [0, 0.1) is 0 Å². The van der Waals surface area contributed by atoms with Crippen molar-refractivity contribution in [3.8, 4) is 11.5 Å². The van der Waals surface area contributed by atoms with Gasteiger partial charge < -0.3 is 13.9 Å². The van der Waals surface area contributed by atoms with E-state index < -0.39 is 5.91 Å². The van der Waals surface area contributed by atoms with Crippen molar-refractivity contribution >= 4 is 50.6 Å². The van der Waals surface area contributed by atoms with Gasteiger partial charge in [-0.2, -0.15) is 5.10 Å². The van der Waals surface area contributed by atoms with Crippen molar-refractivity contribution in [2.75, 3.05) is 7.11 Å². The second-order valence-electron chi connectivity index (χ2n) is 6.79. The predicted molar refractivity (Wildman–Crippen MR) is 128 cm³/mol. The van der Waals surface area contributed by atoms with Crippen LogP contribution in [0.4, 0.5) is 0 Å². The highest BCUT2D eigenvalue weighted by Gasteiger charge is 2.14. The maximum Gasteiger partial charge on any atom is 0.307 e. The van der Waals surface area contributed by atoms with E-state index in [4.69, 9.17) is 25.5 Å². The van der Waals surface area contributed by atoms with Crippen molar-refractivity contribution in [2.45, 2.75) is 6.61 Å². The van der Waals surface area contributed by atoms with Gasteiger partial charge in [0.1, 0.15) is 12.4 Å². The lowest BCUT2D eigenvalue weighted by Gasteiger charge is -2.09. The average Bonchev–Trinajstić information content (AvgIpc) is 3.24. The largest absolute Gasteiger partial charge is 0.493 e. The molecule has 0 radical (unpaired) electrons. The Hall–Kier alpha value is -3.29. The van der Waals surface area contributed by atoms with E-state index >= 15 is 0 Å². The summed E-state index contributed by atoms with van der Waals surface area (Å²) in [5, 5.41) is 5.47. The summed E-state index contributed by atoms with van der Waals surface area (Å²) in [6, 6.07) is 20.1. The third-order valence-electron chi connectivity index (χ3n) is 4.59. The minimum absolute atomic E-state index is 0.147. The first-order chi connectivity index (χ1) is 15.5. The van der Waals surface area contributed by atoms with Crippen molar-refractivity contribution < 1.29 is 18.7 Å². The number of carbonyl (C=O) groups is 1. The molecule has 0 aliphatic heterocycles. The number of amides is 1. The first-order valence-corrected chi connectivity index (χ1v) is 10.8. The lowest BCUT2D eigenvalue weighted by atomic mass is 10.2. The number of nitrogens with zero attached hydrogens (tertiary/aromatic N) is 1. The van der Waals surface area contributed by atoms with Crippen LogP contribution in [0.25, 0.3) is 11.0 Å². The minimum atomic E-state index is -0.457. The molecule has 1 amide bonds. The van der Waals surface area contributed by atoms with Gasteiger partial charge in [0.15, 0.2) is 17.1 Å². The number of hydrogen-bond acceptors (Lipinski definition) is 5. The summed E-state index contributed by atoms with van der Waals surface area (Å²) in [5.74, 6) is 0.945. The van der Waals surface area contributed by atoms with Gasteiger partial charge in [-0.1, -0.05) is 35.9 Å². The Morgan fingerprint density at radius 3 is 2.69 bits per heavy atom. The number of halogens is 2. The number of fused-ring (bicyclic) bond motifs is 1. The molecule has 0 aliphatic rings. The molecule has 162 valence electrons. The standard InChI is InChI=1S/C24H18BrClN2O4/c1-30-21-4-2-3-17-12-22(32-23(17)21)24(29)28-27-13-16-7-10-20(19(25)11-16)31-14-15-5-8-18(26)9-6-15/h2-13H,14H2,1H3,(H,28,29)/b27-13-. The molecule has 0 atom stereocenters. The number of furan rings is 1. The van der Waals surface area contributed by atoms with Crippen LogP contribution in [0.5, 0.6) is 11.5 Å².